The van der Waals surface area contributed by atoms with Crippen LogP contribution in [0.3, 0.4) is 0 Å². The molecule has 0 spiro atoms. The summed E-state index contributed by atoms with van der Waals surface area (Å²) in [4.78, 5) is 13.3. The highest BCUT2D eigenvalue weighted by atomic mass is 19.1. The number of hydrogen-bond donors (Lipinski definition) is 0. The van der Waals surface area contributed by atoms with E-state index in [0.717, 1.165) is 16.3 Å². The Morgan fingerprint density at radius 1 is 1.00 bits per heavy atom. The Balaban J connectivity index is 2.15. The number of rotatable bonds is 1. The normalized spacial score (nSPS) is 11.8. The van der Waals surface area contributed by atoms with Crippen molar-refractivity contribution in [3.05, 3.63) is 64.7 Å². The summed E-state index contributed by atoms with van der Waals surface area (Å²) in [7, 11) is 3.43. The maximum Gasteiger partial charge on any atom is 0.202 e. The van der Waals surface area contributed by atoms with Crippen LogP contribution in [-0.2, 0) is 7.05 Å². The average Bonchev–Trinajstić information content (AvgIpc) is 3.03. The van der Waals surface area contributed by atoms with Crippen molar-refractivity contribution < 1.29 is 13.5 Å². The van der Waals surface area contributed by atoms with Gasteiger partial charge >= 0.3 is 0 Å². The Labute approximate surface area is 147 Å². The molecule has 0 aliphatic carbocycles. The van der Waals surface area contributed by atoms with Gasteiger partial charge in [-0.05, 0) is 41.8 Å². The molecule has 0 aliphatic heterocycles. The lowest BCUT2D eigenvalue weighted by Crippen LogP contribution is -2.05. The fourth-order valence-corrected chi connectivity index (χ4v) is 3.70. The van der Waals surface area contributed by atoms with Gasteiger partial charge in [0, 0.05) is 30.1 Å². The summed E-state index contributed by atoms with van der Waals surface area (Å²) in [6, 6.07) is 11.6. The standard InChI is InChI=1S/C21H14FNO3/c1-23-8-7-13-16-9-11(22)3-5-14(16)21-18(19(13)23)20(24)15-6-4-12(25-2)10-17(15)26-21/h3-10H,1-2H3. The molecule has 4 nitrogen and oxygen atoms in total. The maximum absolute atomic E-state index is 13.9. The van der Waals surface area contributed by atoms with Gasteiger partial charge in [-0.1, -0.05) is 0 Å². The predicted octanol–water partition coefficient (Wildman–Crippen LogP) is 4.74. The van der Waals surface area contributed by atoms with E-state index < -0.39 is 0 Å². The molecule has 0 fully saturated rings. The summed E-state index contributed by atoms with van der Waals surface area (Å²) in [6.07, 6.45) is 1.87. The van der Waals surface area contributed by atoms with Crippen LogP contribution in [0.5, 0.6) is 5.75 Å². The molecule has 0 saturated carbocycles. The van der Waals surface area contributed by atoms with E-state index in [4.69, 9.17) is 9.15 Å². The van der Waals surface area contributed by atoms with Gasteiger partial charge in [-0.25, -0.2) is 4.39 Å². The molecule has 26 heavy (non-hydrogen) atoms. The molecule has 0 saturated heterocycles. The summed E-state index contributed by atoms with van der Waals surface area (Å²) in [5, 5.41) is 3.25. The molecule has 0 bridgehead atoms. The SMILES string of the molecule is COc1ccc2c(=O)c3c(oc2c1)c1ccc(F)cc1c1ccn(C)c13. The number of nitrogens with zero attached hydrogens (tertiary/aromatic N) is 1. The lowest BCUT2D eigenvalue weighted by molar-refractivity contribution is 0.414. The smallest absolute Gasteiger partial charge is 0.202 e. The van der Waals surface area contributed by atoms with Gasteiger partial charge in [0.05, 0.1) is 23.4 Å². The van der Waals surface area contributed by atoms with Gasteiger partial charge < -0.3 is 13.7 Å². The van der Waals surface area contributed by atoms with Crippen molar-refractivity contribution in [2.75, 3.05) is 7.11 Å². The maximum atomic E-state index is 13.9. The number of fused-ring (bicyclic) bond motifs is 7. The van der Waals surface area contributed by atoms with Crippen LogP contribution in [0.2, 0.25) is 0 Å². The van der Waals surface area contributed by atoms with Crippen molar-refractivity contribution in [2.45, 2.75) is 0 Å². The highest BCUT2D eigenvalue weighted by Gasteiger charge is 2.18. The molecule has 5 rings (SSSR count). The third kappa shape index (κ3) is 1.85. The molecule has 0 unspecified atom stereocenters. The van der Waals surface area contributed by atoms with E-state index in [9.17, 15) is 9.18 Å². The summed E-state index contributed by atoms with van der Waals surface area (Å²) < 4.78 is 27.1. The predicted molar refractivity (Wildman–Crippen MR) is 100 cm³/mol. The van der Waals surface area contributed by atoms with Crippen molar-refractivity contribution in [3.63, 3.8) is 0 Å². The molecule has 3 aromatic carbocycles. The van der Waals surface area contributed by atoms with Crippen LogP contribution in [-0.4, -0.2) is 11.7 Å². The summed E-state index contributed by atoms with van der Waals surface area (Å²) in [5.74, 6) is 0.280. The second-order valence-corrected chi connectivity index (χ2v) is 6.38. The fraction of sp³-hybridized carbons (Fsp3) is 0.0952. The van der Waals surface area contributed by atoms with Crippen molar-refractivity contribution in [1.29, 1.82) is 0 Å². The molecular weight excluding hydrogens is 333 g/mol. The third-order valence-corrected chi connectivity index (χ3v) is 4.93. The molecule has 2 heterocycles. The Hall–Kier alpha value is -3.34. The average molecular weight is 347 g/mol. The van der Waals surface area contributed by atoms with Crippen LogP contribution in [0.25, 0.3) is 43.6 Å². The monoisotopic (exact) mass is 347 g/mol. The zero-order chi connectivity index (χ0) is 18.0. The number of benzene rings is 3. The van der Waals surface area contributed by atoms with E-state index in [-0.39, 0.29) is 11.2 Å². The topological polar surface area (TPSA) is 44.4 Å². The number of aryl methyl sites for hydroxylation is 1. The second-order valence-electron chi connectivity index (χ2n) is 6.38. The highest BCUT2D eigenvalue weighted by molar-refractivity contribution is 6.23. The number of methoxy groups -OCH3 is 1. The van der Waals surface area contributed by atoms with E-state index in [1.54, 1.807) is 31.4 Å². The number of hydrogen-bond acceptors (Lipinski definition) is 3. The quantitative estimate of drug-likeness (QED) is 0.325. The molecule has 0 aliphatic rings. The highest BCUT2D eigenvalue weighted by Crippen LogP contribution is 2.36. The van der Waals surface area contributed by atoms with Crippen molar-refractivity contribution in [1.82, 2.24) is 4.57 Å². The number of ether oxygens (including phenoxy) is 1. The van der Waals surface area contributed by atoms with Crippen LogP contribution >= 0.6 is 0 Å². The van der Waals surface area contributed by atoms with E-state index in [1.807, 2.05) is 23.9 Å². The first-order chi connectivity index (χ1) is 12.6. The molecule has 0 atom stereocenters. The van der Waals surface area contributed by atoms with E-state index >= 15 is 0 Å². The van der Waals surface area contributed by atoms with Crippen molar-refractivity contribution in [3.8, 4) is 5.75 Å². The minimum Gasteiger partial charge on any atom is -0.497 e. The van der Waals surface area contributed by atoms with Gasteiger partial charge in [0.25, 0.3) is 0 Å². The van der Waals surface area contributed by atoms with Crippen LogP contribution in [0.4, 0.5) is 4.39 Å². The second kappa shape index (κ2) is 5.08. The lowest BCUT2D eigenvalue weighted by atomic mass is 10.0. The summed E-state index contributed by atoms with van der Waals surface area (Å²) in [5.41, 5.74) is 1.53. The molecule has 0 amide bonds. The van der Waals surface area contributed by atoms with Crippen molar-refractivity contribution in [2.24, 2.45) is 7.05 Å². The van der Waals surface area contributed by atoms with E-state index in [2.05, 4.69) is 0 Å². The van der Waals surface area contributed by atoms with Gasteiger partial charge in [0.2, 0.25) is 5.43 Å². The zero-order valence-electron chi connectivity index (χ0n) is 14.2. The summed E-state index contributed by atoms with van der Waals surface area (Å²) >= 11 is 0. The molecule has 5 aromatic rings. The van der Waals surface area contributed by atoms with E-state index in [0.29, 0.717) is 33.1 Å². The van der Waals surface area contributed by atoms with Gasteiger partial charge in [0.1, 0.15) is 22.7 Å². The minimum absolute atomic E-state index is 0.109. The molecular formula is C21H14FNO3. The Bertz CT molecular complexity index is 1410. The van der Waals surface area contributed by atoms with Crippen LogP contribution in [0, 0.1) is 5.82 Å². The number of halogens is 1. The molecule has 128 valence electrons. The largest absolute Gasteiger partial charge is 0.497 e. The van der Waals surface area contributed by atoms with Crippen molar-refractivity contribution >= 4 is 43.6 Å². The third-order valence-electron chi connectivity index (χ3n) is 4.93. The Kier molecular flexibility index (Phi) is 2.92. The van der Waals surface area contributed by atoms with Gasteiger partial charge in [0.15, 0.2) is 0 Å². The summed E-state index contributed by atoms with van der Waals surface area (Å²) in [6.45, 7) is 0. The Morgan fingerprint density at radius 3 is 2.62 bits per heavy atom. The first kappa shape index (κ1) is 15.0. The first-order valence-corrected chi connectivity index (χ1v) is 8.19. The van der Waals surface area contributed by atoms with E-state index in [1.165, 1.54) is 12.1 Å². The van der Waals surface area contributed by atoms with Gasteiger partial charge in [-0.15, -0.1) is 0 Å². The van der Waals surface area contributed by atoms with Crippen LogP contribution in [0.1, 0.15) is 0 Å². The Morgan fingerprint density at radius 2 is 1.81 bits per heavy atom. The molecule has 0 N–H and O–H groups in total. The molecule has 2 aromatic heterocycles. The lowest BCUT2D eigenvalue weighted by Gasteiger charge is -2.10. The fourth-order valence-electron chi connectivity index (χ4n) is 3.70. The first-order valence-electron chi connectivity index (χ1n) is 8.19. The molecule has 5 heteroatoms. The van der Waals surface area contributed by atoms with Crippen LogP contribution < -0.4 is 10.2 Å². The zero-order valence-corrected chi connectivity index (χ0v) is 14.2. The van der Waals surface area contributed by atoms with Crippen LogP contribution in [0.15, 0.2) is 57.9 Å². The number of aromatic nitrogens is 1. The van der Waals surface area contributed by atoms with Gasteiger partial charge in [-0.3, -0.25) is 4.79 Å². The minimum atomic E-state index is -0.327. The van der Waals surface area contributed by atoms with Gasteiger partial charge in [-0.2, -0.15) is 0 Å². The molecule has 0 radical (unpaired) electrons.